The molecule has 27 heavy (non-hydrogen) atoms. The van der Waals surface area contributed by atoms with Crippen molar-refractivity contribution in [2.24, 2.45) is 0 Å². The molecule has 1 N–H and O–H groups in total. The molecule has 0 atom stereocenters. The molecule has 0 radical (unpaired) electrons. The Kier molecular flexibility index (Phi) is 7.00. The van der Waals surface area contributed by atoms with Gasteiger partial charge in [-0.3, -0.25) is 4.90 Å². The SMILES string of the molecule is COc1ccc2c(CCCCN3CC=C(c4cccs4)CC3)c[nH]c2c1.Cl. The number of unbranched alkanes of at least 4 members (excludes halogenated alkanes) is 1. The van der Waals surface area contributed by atoms with Crippen LogP contribution >= 0.6 is 23.7 Å². The predicted molar refractivity (Wildman–Crippen MR) is 118 cm³/mol. The number of H-pyrrole nitrogens is 1. The maximum atomic E-state index is 5.30. The van der Waals surface area contributed by atoms with Crippen LogP contribution in [0.15, 0.2) is 48.0 Å². The van der Waals surface area contributed by atoms with E-state index in [2.05, 4.69) is 51.8 Å². The lowest BCUT2D eigenvalue weighted by Gasteiger charge is -2.25. The molecule has 3 nitrogen and oxygen atoms in total. The van der Waals surface area contributed by atoms with Crippen LogP contribution in [0.3, 0.4) is 0 Å². The quantitative estimate of drug-likeness (QED) is 0.508. The predicted octanol–water partition coefficient (Wildman–Crippen LogP) is 5.77. The number of aromatic nitrogens is 1. The van der Waals surface area contributed by atoms with Gasteiger partial charge in [0.25, 0.3) is 0 Å². The highest BCUT2D eigenvalue weighted by atomic mass is 35.5. The van der Waals surface area contributed by atoms with E-state index in [1.54, 1.807) is 7.11 Å². The molecule has 1 aliphatic rings. The minimum absolute atomic E-state index is 0. The third-order valence-corrected chi connectivity index (χ3v) is 6.22. The molecule has 0 spiro atoms. The van der Waals surface area contributed by atoms with Crippen molar-refractivity contribution < 1.29 is 4.74 Å². The molecular formula is C22H27ClN2OS. The second-order valence-corrected chi connectivity index (χ2v) is 7.89. The Balaban J connectivity index is 0.00000210. The smallest absolute Gasteiger partial charge is 0.120 e. The Morgan fingerprint density at radius 2 is 2.15 bits per heavy atom. The maximum Gasteiger partial charge on any atom is 0.120 e. The molecule has 3 heterocycles. The number of nitrogens with zero attached hydrogens (tertiary/aromatic N) is 1. The lowest BCUT2D eigenvalue weighted by molar-refractivity contribution is 0.295. The van der Waals surface area contributed by atoms with Crippen LogP contribution in [0, 0.1) is 0 Å². The third-order valence-electron chi connectivity index (χ3n) is 5.28. The lowest BCUT2D eigenvalue weighted by atomic mass is 10.0. The standard InChI is InChI=1S/C22H26N2OS.ClH/c1-25-19-7-8-20-18(16-23-21(20)15-19)5-2-3-11-24-12-9-17(10-13-24)22-6-4-14-26-22;/h4,6-9,14-16,23H,2-3,5,10-13H2,1H3;1H. The molecule has 1 aromatic carbocycles. The van der Waals surface area contributed by atoms with E-state index in [-0.39, 0.29) is 12.4 Å². The number of thiophene rings is 1. The summed E-state index contributed by atoms with van der Waals surface area (Å²) in [7, 11) is 1.71. The molecule has 0 saturated carbocycles. The molecule has 0 bridgehead atoms. The molecule has 1 aliphatic heterocycles. The van der Waals surface area contributed by atoms with Crippen LogP contribution in [0.5, 0.6) is 5.75 Å². The van der Waals surface area contributed by atoms with Gasteiger partial charge in [-0.25, -0.2) is 0 Å². The Morgan fingerprint density at radius 3 is 2.89 bits per heavy atom. The number of nitrogens with one attached hydrogen (secondary N) is 1. The monoisotopic (exact) mass is 402 g/mol. The fraction of sp³-hybridized carbons (Fsp3) is 0.364. The van der Waals surface area contributed by atoms with Gasteiger partial charge in [-0.15, -0.1) is 23.7 Å². The first kappa shape index (κ1) is 20.0. The molecule has 0 aliphatic carbocycles. The van der Waals surface area contributed by atoms with Crippen LogP contribution in [0.4, 0.5) is 0 Å². The normalized spacial score (nSPS) is 14.8. The summed E-state index contributed by atoms with van der Waals surface area (Å²) in [5.41, 5.74) is 4.12. The molecule has 0 fully saturated rings. The summed E-state index contributed by atoms with van der Waals surface area (Å²) < 4.78 is 5.30. The van der Waals surface area contributed by atoms with Gasteiger partial charge in [0, 0.05) is 41.1 Å². The van der Waals surface area contributed by atoms with Gasteiger partial charge in [0.15, 0.2) is 0 Å². The average Bonchev–Trinajstić information content (AvgIpc) is 3.35. The fourth-order valence-corrected chi connectivity index (χ4v) is 4.55. The van der Waals surface area contributed by atoms with Gasteiger partial charge in [0.05, 0.1) is 7.11 Å². The minimum atomic E-state index is 0. The van der Waals surface area contributed by atoms with Crippen LogP contribution in [0.2, 0.25) is 0 Å². The van der Waals surface area contributed by atoms with E-state index >= 15 is 0 Å². The van der Waals surface area contributed by atoms with Gasteiger partial charge in [0.2, 0.25) is 0 Å². The number of halogens is 1. The second kappa shape index (κ2) is 9.45. The zero-order chi connectivity index (χ0) is 17.8. The summed E-state index contributed by atoms with van der Waals surface area (Å²) in [5.74, 6) is 0.908. The number of hydrogen-bond donors (Lipinski definition) is 1. The molecule has 0 unspecified atom stereocenters. The van der Waals surface area contributed by atoms with Crippen molar-refractivity contribution in [3.05, 3.63) is 58.4 Å². The number of aromatic amines is 1. The van der Waals surface area contributed by atoms with E-state index in [0.717, 1.165) is 18.7 Å². The van der Waals surface area contributed by atoms with Crippen molar-refractivity contribution >= 4 is 40.2 Å². The number of benzene rings is 1. The summed E-state index contributed by atoms with van der Waals surface area (Å²) >= 11 is 1.86. The topological polar surface area (TPSA) is 28.3 Å². The van der Waals surface area contributed by atoms with Crippen LogP contribution in [-0.4, -0.2) is 36.6 Å². The molecule has 4 rings (SSSR count). The van der Waals surface area contributed by atoms with E-state index in [0.29, 0.717) is 0 Å². The highest BCUT2D eigenvalue weighted by Gasteiger charge is 2.13. The molecule has 0 amide bonds. The Labute approximate surface area is 171 Å². The van der Waals surface area contributed by atoms with E-state index in [9.17, 15) is 0 Å². The van der Waals surface area contributed by atoms with E-state index in [1.807, 2.05) is 17.4 Å². The molecular weight excluding hydrogens is 376 g/mol. The zero-order valence-corrected chi connectivity index (χ0v) is 17.4. The van der Waals surface area contributed by atoms with Crippen molar-refractivity contribution in [3.8, 4) is 5.75 Å². The first-order valence-electron chi connectivity index (χ1n) is 9.43. The van der Waals surface area contributed by atoms with Crippen molar-refractivity contribution in [2.75, 3.05) is 26.7 Å². The second-order valence-electron chi connectivity index (χ2n) is 6.94. The number of hydrogen-bond acceptors (Lipinski definition) is 3. The van der Waals surface area contributed by atoms with Crippen molar-refractivity contribution in [1.82, 2.24) is 9.88 Å². The number of fused-ring (bicyclic) bond motifs is 1. The first-order valence-corrected chi connectivity index (χ1v) is 10.3. The molecule has 144 valence electrons. The van der Waals surface area contributed by atoms with E-state index in [1.165, 1.54) is 59.3 Å². The van der Waals surface area contributed by atoms with Gasteiger partial charge in [0.1, 0.15) is 5.75 Å². The third kappa shape index (κ3) is 4.75. The van der Waals surface area contributed by atoms with Gasteiger partial charge < -0.3 is 9.72 Å². The Hall–Kier alpha value is -1.75. The van der Waals surface area contributed by atoms with E-state index < -0.39 is 0 Å². The molecule has 5 heteroatoms. The van der Waals surface area contributed by atoms with Crippen LogP contribution in [-0.2, 0) is 6.42 Å². The number of methoxy groups -OCH3 is 1. The Morgan fingerprint density at radius 1 is 1.22 bits per heavy atom. The highest BCUT2D eigenvalue weighted by molar-refractivity contribution is 7.11. The first-order chi connectivity index (χ1) is 12.8. The Bertz CT molecular complexity index is 885. The molecule has 0 saturated heterocycles. The average molecular weight is 403 g/mol. The summed E-state index contributed by atoms with van der Waals surface area (Å²) in [4.78, 5) is 7.40. The summed E-state index contributed by atoms with van der Waals surface area (Å²) in [6, 6.07) is 10.7. The zero-order valence-electron chi connectivity index (χ0n) is 15.7. The van der Waals surface area contributed by atoms with Crippen molar-refractivity contribution in [3.63, 3.8) is 0 Å². The van der Waals surface area contributed by atoms with Crippen LogP contribution < -0.4 is 4.74 Å². The summed E-state index contributed by atoms with van der Waals surface area (Å²) in [5, 5.41) is 3.50. The fourth-order valence-electron chi connectivity index (χ4n) is 3.75. The maximum absolute atomic E-state index is 5.30. The molecule has 3 aromatic rings. The van der Waals surface area contributed by atoms with Gasteiger partial charge in [-0.2, -0.15) is 0 Å². The highest BCUT2D eigenvalue weighted by Crippen LogP contribution is 2.27. The molecule has 2 aromatic heterocycles. The number of aryl methyl sites for hydroxylation is 1. The van der Waals surface area contributed by atoms with Crippen LogP contribution in [0.1, 0.15) is 29.7 Å². The van der Waals surface area contributed by atoms with Gasteiger partial charge in [-0.05, 0) is 66.9 Å². The number of ether oxygens (including phenoxy) is 1. The van der Waals surface area contributed by atoms with Crippen molar-refractivity contribution in [1.29, 1.82) is 0 Å². The summed E-state index contributed by atoms with van der Waals surface area (Å²) in [6.45, 7) is 3.49. The number of rotatable bonds is 7. The summed E-state index contributed by atoms with van der Waals surface area (Å²) in [6.07, 6.45) is 9.38. The van der Waals surface area contributed by atoms with Gasteiger partial charge in [-0.1, -0.05) is 12.1 Å². The minimum Gasteiger partial charge on any atom is -0.497 e. The van der Waals surface area contributed by atoms with Gasteiger partial charge >= 0.3 is 0 Å². The lowest BCUT2D eigenvalue weighted by Crippen LogP contribution is -2.29. The largest absolute Gasteiger partial charge is 0.497 e. The van der Waals surface area contributed by atoms with E-state index in [4.69, 9.17) is 4.74 Å². The van der Waals surface area contributed by atoms with Crippen molar-refractivity contribution in [2.45, 2.75) is 25.7 Å². The van der Waals surface area contributed by atoms with Crippen LogP contribution in [0.25, 0.3) is 16.5 Å².